The molecule has 0 aliphatic carbocycles. The van der Waals surface area contributed by atoms with Gasteiger partial charge in [0.25, 0.3) is 0 Å². The number of carbonyl (C=O) groups is 1. The molecule has 1 heterocycles. The average molecular weight is 336 g/mol. The number of aryl methyl sites for hydroxylation is 1. The number of nitrogens with zero attached hydrogens (tertiary/aromatic N) is 1. The number of hydrogen-bond donors (Lipinski definition) is 1. The summed E-state index contributed by atoms with van der Waals surface area (Å²) in [6.45, 7) is 4.05. The van der Waals surface area contributed by atoms with E-state index in [0.29, 0.717) is 0 Å². The Morgan fingerprint density at radius 1 is 1.08 bits per heavy atom. The van der Waals surface area contributed by atoms with Gasteiger partial charge in [-0.1, -0.05) is 60.6 Å². The summed E-state index contributed by atoms with van der Waals surface area (Å²) in [5.74, 6) is 0.0151. The molecule has 0 saturated heterocycles. The average Bonchev–Trinajstić information content (AvgIpc) is 2.61. The van der Waals surface area contributed by atoms with E-state index in [9.17, 15) is 4.79 Å². The van der Waals surface area contributed by atoms with Crippen LogP contribution in [0.1, 0.15) is 18.9 Å². The number of para-hydroxylation sites is 1. The van der Waals surface area contributed by atoms with Crippen LogP contribution in [0.15, 0.2) is 65.7 Å². The number of anilines is 1. The lowest BCUT2D eigenvalue weighted by Crippen LogP contribution is -2.24. The number of thioether (sulfide) groups is 1. The maximum absolute atomic E-state index is 12.5. The first-order chi connectivity index (χ1) is 11.7. The van der Waals surface area contributed by atoms with Crippen LogP contribution in [0, 0.1) is 6.92 Å². The zero-order valence-electron chi connectivity index (χ0n) is 13.8. The van der Waals surface area contributed by atoms with Crippen molar-refractivity contribution in [3.63, 3.8) is 0 Å². The largest absolute Gasteiger partial charge is 0.325 e. The van der Waals surface area contributed by atoms with Gasteiger partial charge in [-0.25, -0.2) is 4.98 Å². The van der Waals surface area contributed by atoms with Gasteiger partial charge >= 0.3 is 0 Å². The fourth-order valence-corrected chi connectivity index (χ4v) is 3.36. The summed E-state index contributed by atoms with van der Waals surface area (Å²) in [5.41, 5.74) is 2.96. The predicted molar refractivity (Wildman–Crippen MR) is 101 cm³/mol. The van der Waals surface area contributed by atoms with E-state index in [1.165, 1.54) is 17.3 Å². The topological polar surface area (TPSA) is 42.0 Å². The van der Waals surface area contributed by atoms with E-state index >= 15 is 0 Å². The van der Waals surface area contributed by atoms with Crippen molar-refractivity contribution in [2.45, 2.75) is 30.5 Å². The molecule has 1 unspecified atom stereocenters. The van der Waals surface area contributed by atoms with Crippen molar-refractivity contribution in [1.29, 1.82) is 0 Å². The minimum Gasteiger partial charge on any atom is -0.325 e. The summed E-state index contributed by atoms with van der Waals surface area (Å²) in [6, 6.07) is 19.9. The molecule has 3 nitrogen and oxygen atoms in total. The van der Waals surface area contributed by atoms with Crippen LogP contribution in [0.4, 0.5) is 5.69 Å². The van der Waals surface area contributed by atoms with Crippen LogP contribution < -0.4 is 5.32 Å². The molecule has 0 bridgehead atoms. The Kier molecular flexibility index (Phi) is 5.16. The van der Waals surface area contributed by atoms with E-state index in [4.69, 9.17) is 0 Å². The Balaban J connectivity index is 1.72. The van der Waals surface area contributed by atoms with Crippen LogP contribution >= 0.6 is 11.8 Å². The lowest BCUT2D eigenvalue weighted by Gasteiger charge is -2.14. The van der Waals surface area contributed by atoms with Crippen molar-refractivity contribution in [2.75, 3.05) is 5.32 Å². The van der Waals surface area contributed by atoms with E-state index in [0.717, 1.165) is 28.0 Å². The van der Waals surface area contributed by atoms with Crippen molar-refractivity contribution < 1.29 is 4.79 Å². The molecule has 1 amide bonds. The minimum absolute atomic E-state index is 0.0151. The van der Waals surface area contributed by atoms with Gasteiger partial charge in [0.1, 0.15) is 0 Å². The normalized spacial score (nSPS) is 12.1. The summed E-state index contributed by atoms with van der Waals surface area (Å²) in [5, 5.41) is 4.81. The highest BCUT2D eigenvalue weighted by Crippen LogP contribution is 2.26. The zero-order valence-corrected chi connectivity index (χ0v) is 14.6. The fourth-order valence-electron chi connectivity index (χ4n) is 2.44. The highest BCUT2D eigenvalue weighted by Gasteiger charge is 2.18. The maximum atomic E-state index is 12.5. The van der Waals surface area contributed by atoms with Crippen LogP contribution in [0.5, 0.6) is 0 Å². The standard InChI is InChI=1S/C20H20N2OS/c1-3-18(20(23)21-16-11-8-14(2)9-12-16)24-19-13-10-15-6-4-5-7-17(15)22-19/h4-13,18H,3H2,1-2H3,(H,21,23). The molecule has 0 spiro atoms. The number of carbonyl (C=O) groups excluding carboxylic acids is 1. The van der Waals surface area contributed by atoms with Crippen LogP contribution in [0.2, 0.25) is 0 Å². The molecule has 24 heavy (non-hydrogen) atoms. The van der Waals surface area contributed by atoms with Crippen molar-refractivity contribution in [1.82, 2.24) is 4.98 Å². The Morgan fingerprint density at radius 3 is 2.58 bits per heavy atom. The Labute approximate surface area is 146 Å². The lowest BCUT2D eigenvalue weighted by atomic mass is 10.2. The molecule has 1 aromatic heterocycles. The van der Waals surface area contributed by atoms with E-state index in [1.807, 2.05) is 68.4 Å². The third-order valence-corrected chi connectivity index (χ3v) is 5.12. The second kappa shape index (κ2) is 7.49. The van der Waals surface area contributed by atoms with Gasteiger partial charge in [0.15, 0.2) is 0 Å². The van der Waals surface area contributed by atoms with Gasteiger partial charge in [0.2, 0.25) is 5.91 Å². The molecule has 3 aromatic rings. The summed E-state index contributed by atoms with van der Waals surface area (Å²) < 4.78 is 0. The number of amides is 1. The second-order valence-corrected chi connectivity index (χ2v) is 6.94. The van der Waals surface area contributed by atoms with Crippen LogP contribution in [0.25, 0.3) is 10.9 Å². The lowest BCUT2D eigenvalue weighted by molar-refractivity contribution is -0.115. The maximum Gasteiger partial charge on any atom is 0.237 e. The number of fused-ring (bicyclic) bond motifs is 1. The highest BCUT2D eigenvalue weighted by atomic mass is 32.2. The van der Waals surface area contributed by atoms with Crippen molar-refractivity contribution in [3.05, 3.63) is 66.2 Å². The number of benzene rings is 2. The van der Waals surface area contributed by atoms with Crippen LogP contribution in [-0.4, -0.2) is 16.1 Å². The third kappa shape index (κ3) is 3.95. The Bertz CT molecular complexity index is 846. The number of aromatic nitrogens is 1. The monoisotopic (exact) mass is 336 g/mol. The first-order valence-corrected chi connectivity index (χ1v) is 8.93. The van der Waals surface area contributed by atoms with E-state index in [-0.39, 0.29) is 11.2 Å². The quantitative estimate of drug-likeness (QED) is 0.663. The number of pyridine rings is 1. The highest BCUT2D eigenvalue weighted by molar-refractivity contribution is 8.00. The van der Waals surface area contributed by atoms with Gasteiger partial charge in [-0.15, -0.1) is 0 Å². The molecule has 122 valence electrons. The minimum atomic E-state index is -0.167. The van der Waals surface area contributed by atoms with E-state index in [2.05, 4.69) is 16.4 Å². The molecular formula is C20H20N2OS. The molecule has 0 aliphatic rings. The molecule has 0 saturated carbocycles. The molecular weight excluding hydrogens is 316 g/mol. The molecule has 4 heteroatoms. The van der Waals surface area contributed by atoms with Crippen molar-refractivity contribution in [3.8, 4) is 0 Å². The fraction of sp³-hybridized carbons (Fsp3) is 0.200. The third-order valence-electron chi connectivity index (χ3n) is 3.82. The van der Waals surface area contributed by atoms with E-state index < -0.39 is 0 Å². The molecule has 0 fully saturated rings. The summed E-state index contributed by atoms with van der Waals surface area (Å²) in [4.78, 5) is 17.2. The summed E-state index contributed by atoms with van der Waals surface area (Å²) >= 11 is 1.51. The first-order valence-electron chi connectivity index (χ1n) is 8.05. The van der Waals surface area contributed by atoms with Gasteiger partial charge in [-0.05, 0) is 37.6 Å². The molecule has 1 N–H and O–H groups in total. The van der Waals surface area contributed by atoms with Gasteiger partial charge in [-0.2, -0.15) is 0 Å². The van der Waals surface area contributed by atoms with Gasteiger partial charge in [0, 0.05) is 11.1 Å². The second-order valence-electron chi connectivity index (χ2n) is 5.71. The zero-order chi connectivity index (χ0) is 16.9. The summed E-state index contributed by atoms with van der Waals surface area (Å²) in [6.07, 6.45) is 0.747. The van der Waals surface area contributed by atoms with Gasteiger partial charge < -0.3 is 5.32 Å². The smallest absolute Gasteiger partial charge is 0.237 e. The number of nitrogens with one attached hydrogen (secondary N) is 1. The molecule has 1 atom stereocenters. The number of rotatable bonds is 5. The van der Waals surface area contributed by atoms with E-state index in [1.54, 1.807) is 0 Å². The molecule has 3 rings (SSSR count). The van der Waals surface area contributed by atoms with Gasteiger partial charge in [-0.3, -0.25) is 4.79 Å². The summed E-state index contributed by atoms with van der Waals surface area (Å²) in [7, 11) is 0. The van der Waals surface area contributed by atoms with Crippen molar-refractivity contribution in [2.24, 2.45) is 0 Å². The van der Waals surface area contributed by atoms with Crippen molar-refractivity contribution >= 4 is 34.3 Å². The molecule has 0 aliphatic heterocycles. The molecule has 0 radical (unpaired) electrons. The molecule has 2 aromatic carbocycles. The first kappa shape index (κ1) is 16.5. The van der Waals surface area contributed by atoms with Crippen LogP contribution in [0.3, 0.4) is 0 Å². The van der Waals surface area contributed by atoms with Gasteiger partial charge in [0.05, 0.1) is 15.8 Å². The SMILES string of the molecule is CCC(Sc1ccc2ccccc2n1)C(=O)Nc1ccc(C)cc1. The van der Waals surface area contributed by atoms with Crippen LogP contribution in [-0.2, 0) is 4.79 Å². The number of hydrogen-bond acceptors (Lipinski definition) is 3. The predicted octanol–water partition coefficient (Wildman–Crippen LogP) is 5.05. The Hall–Kier alpha value is -2.33. The Morgan fingerprint density at radius 2 is 1.83 bits per heavy atom.